The van der Waals surface area contributed by atoms with Gasteiger partial charge in [-0.25, -0.2) is 13.5 Å². The van der Waals surface area contributed by atoms with E-state index in [0.717, 1.165) is 43.6 Å². The maximum Gasteiger partial charge on any atom is 0.260 e. The molecule has 1 aliphatic heterocycles. The summed E-state index contributed by atoms with van der Waals surface area (Å²) in [5.41, 5.74) is 2.00. The van der Waals surface area contributed by atoms with E-state index in [1.165, 1.54) is 22.9 Å². The van der Waals surface area contributed by atoms with Crippen LogP contribution in [0.3, 0.4) is 0 Å². The molecule has 0 atom stereocenters. The van der Waals surface area contributed by atoms with Gasteiger partial charge in [0.25, 0.3) is 5.91 Å². The monoisotopic (exact) mass is 496 g/mol. The Bertz CT molecular complexity index is 1400. The molecule has 10 heteroatoms. The molecule has 1 N–H and O–H groups in total. The van der Waals surface area contributed by atoms with Crippen LogP contribution >= 0.6 is 11.6 Å². The molecule has 0 saturated carbocycles. The lowest BCUT2D eigenvalue weighted by molar-refractivity contribution is 0.102. The number of nitrogens with one attached hydrogen (secondary N) is 1. The molecule has 7 nitrogen and oxygen atoms in total. The molecule has 0 fully saturated rings. The zero-order chi connectivity index (χ0) is 24.5. The van der Waals surface area contributed by atoms with Gasteiger partial charge in [-0.1, -0.05) is 30.2 Å². The Balaban J connectivity index is 1.40. The van der Waals surface area contributed by atoms with Crippen molar-refractivity contribution >= 4 is 23.2 Å². The number of benzene rings is 2. The van der Waals surface area contributed by atoms with Gasteiger partial charge >= 0.3 is 0 Å². The summed E-state index contributed by atoms with van der Waals surface area (Å²) in [6, 6.07) is 10.4. The third kappa shape index (κ3) is 4.68. The van der Waals surface area contributed by atoms with Crippen LogP contribution in [0.2, 0.25) is 5.15 Å². The molecule has 2 aromatic carbocycles. The summed E-state index contributed by atoms with van der Waals surface area (Å²) >= 11 is 6.47. The third-order valence-electron chi connectivity index (χ3n) is 6.12. The van der Waals surface area contributed by atoms with Gasteiger partial charge in [-0.2, -0.15) is 5.10 Å². The van der Waals surface area contributed by atoms with Gasteiger partial charge in [0.2, 0.25) is 0 Å². The van der Waals surface area contributed by atoms with Crippen LogP contribution < -0.4 is 5.32 Å². The molecule has 4 aromatic rings. The first-order chi connectivity index (χ1) is 16.9. The lowest BCUT2D eigenvalue weighted by atomic mass is 10.1. The third-order valence-corrected chi connectivity index (χ3v) is 6.50. The molecule has 35 heavy (non-hydrogen) atoms. The number of hydrogen-bond acceptors (Lipinski definition) is 4. The number of carbonyl (C=O) groups excluding carboxylic acids is 1. The van der Waals surface area contributed by atoms with Gasteiger partial charge in [-0.05, 0) is 55.7 Å². The SMILES string of the molecule is Cc1nn(Cc2ccc(F)cc2)c(Cl)c1C(=O)Nc1cc(-c2nnc3n2CCCCC3)ccc1F. The highest BCUT2D eigenvalue weighted by Gasteiger charge is 2.23. The molecule has 0 unspecified atom stereocenters. The summed E-state index contributed by atoms with van der Waals surface area (Å²) in [5.74, 6) is 0.0734. The maximum absolute atomic E-state index is 14.7. The highest BCUT2D eigenvalue weighted by atomic mass is 35.5. The fourth-order valence-electron chi connectivity index (χ4n) is 4.32. The van der Waals surface area contributed by atoms with E-state index in [-0.39, 0.29) is 28.8 Å². The Morgan fingerprint density at radius 1 is 1.09 bits per heavy atom. The van der Waals surface area contributed by atoms with Crippen molar-refractivity contribution in [1.82, 2.24) is 24.5 Å². The smallest absolute Gasteiger partial charge is 0.260 e. The first-order valence-corrected chi connectivity index (χ1v) is 11.8. The molecule has 1 amide bonds. The Labute approximate surface area is 205 Å². The Morgan fingerprint density at radius 2 is 1.89 bits per heavy atom. The molecule has 0 bridgehead atoms. The standard InChI is InChI=1S/C25H23ClF2N6O/c1-15-22(23(26)34(32-15)14-16-6-9-18(27)10-7-16)25(35)29-20-13-17(8-11-19(20)28)24-31-30-21-5-3-2-4-12-33(21)24/h6-11,13H,2-5,12,14H2,1H3,(H,29,35). The highest BCUT2D eigenvalue weighted by molar-refractivity contribution is 6.33. The second kappa shape index (κ2) is 9.58. The molecule has 0 saturated heterocycles. The van der Waals surface area contributed by atoms with E-state index in [0.29, 0.717) is 17.1 Å². The summed E-state index contributed by atoms with van der Waals surface area (Å²) in [6.07, 6.45) is 4.08. The van der Waals surface area contributed by atoms with E-state index < -0.39 is 11.7 Å². The fraction of sp³-hybridized carbons (Fsp3) is 0.280. The number of halogens is 3. The number of rotatable bonds is 5. The van der Waals surface area contributed by atoms with Crippen LogP contribution in [0.4, 0.5) is 14.5 Å². The number of carbonyl (C=O) groups is 1. The molecule has 0 aliphatic carbocycles. The highest BCUT2D eigenvalue weighted by Crippen LogP contribution is 2.28. The van der Waals surface area contributed by atoms with Gasteiger partial charge < -0.3 is 9.88 Å². The minimum Gasteiger partial charge on any atom is -0.319 e. The zero-order valence-electron chi connectivity index (χ0n) is 19.1. The molecule has 5 rings (SSSR count). The Hall–Kier alpha value is -3.59. The maximum atomic E-state index is 14.7. The van der Waals surface area contributed by atoms with Crippen molar-refractivity contribution in [3.05, 3.63) is 81.9 Å². The van der Waals surface area contributed by atoms with Crippen LogP contribution in [0.5, 0.6) is 0 Å². The zero-order valence-corrected chi connectivity index (χ0v) is 19.8. The Kier molecular flexibility index (Phi) is 6.34. The van der Waals surface area contributed by atoms with Crippen molar-refractivity contribution in [1.29, 1.82) is 0 Å². The second-order valence-electron chi connectivity index (χ2n) is 8.59. The normalized spacial score (nSPS) is 13.4. The number of hydrogen-bond donors (Lipinski definition) is 1. The molecule has 1 aliphatic rings. The number of amides is 1. The van der Waals surface area contributed by atoms with Crippen LogP contribution in [0, 0.1) is 18.6 Å². The second-order valence-corrected chi connectivity index (χ2v) is 8.94. The van der Waals surface area contributed by atoms with Gasteiger partial charge in [0.05, 0.1) is 23.5 Å². The van der Waals surface area contributed by atoms with Crippen LogP contribution in [0.15, 0.2) is 42.5 Å². The molecule has 0 spiro atoms. The van der Waals surface area contributed by atoms with E-state index in [4.69, 9.17) is 11.6 Å². The molecule has 2 aromatic heterocycles. The summed E-state index contributed by atoms with van der Waals surface area (Å²) in [7, 11) is 0. The van der Waals surface area contributed by atoms with E-state index in [9.17, 15) is 13.6 Å². The summed E-state index contributed by atoms with van der Waals surface area (Å²) < 4.78 is 31.4. The van der Waals surface area contributed by atoms with Crippen LogP contribution in [-0.2, 0) is 19.5 Å². The van der Waals surface area contributed by atoms with Gasteiger partial charge in [-0.3, -0.25) is 4.79 Å². The van der Waals surface area contributed by atoms with Crippen LogP contribution in [-0.4, -0.2) is 30.5 Å². The molecule has 180 valence electrons. The van der Waals surface area contributed by atoms with Gasteiger partial charge in [-0.15, -0.1) is 10.2 Å². The quantitative estimate of drug-likeness (QED) is 0.401. The van der Waals surface area contributed by atoms with E-state index in [1.807, 2.05) is 0 Å². The average Bonchev–Trinajstić information content (AvgIpc) is 3.26. The van der Waals surface area contributed by atoms with E-state index in [2.05, 4.69) is 25.2 Å². The number of fused-ring (bicyclic) bond motifs is 1. The van der Waals surface area contributed by atoms with Crippen molar-refractivity contribution in [3.8, 4) is 11.4 Å². The van der Waals surface area contributed by atoms with Crippen molar-refractivity contribution < 1.29 is 13.6 Å². The van der Waals surface area contributed by atoms with Crippen LogP contribution in [0.1, 0.15) is 46.7 Å². The summed E-state index contributed by atoms with van der Waals surface area (Å²) in [6.45, 7) is 2.72. The van der Waals surface area contributed by atoms with Crippen LogP contribution in [0.25, 0.3) is 11.4 Å². The first-order valence-electron chi connectivity index (χ1n) is 11.4. The first kappa shape index (κ1) is 23.2. The summed E-state index contributed by atoms with van der Waals surface area (Å²) in [5, 5.41) is 15.7. The van der Waals surface area contributed by atoms with Gasteiger partial charge in [0.15, 0.2) is 5.82 Å². The lowest BCUT2D eigenvalue weighted by Gasteiger charge is -2.11. The van der Waals surface area contributed by atoms with Crippen molar-refractivity contribution in [2.75, 3.05) is 5.32 Å². The average molecular weight is 497 g/mol. The topological polar surface area (TPSA) is 77.6 Å². The van der Waals surface area contributed by atoms with Crippen molar-refractivity contribution in [3.63, 3.8) is 0 Å². The number of nitrogens with zero attached hydrogens (tertiary/aromatic N) is 5. The van der Waals surface area contributed by atoms with Gasteiger partial charge in [0.1, 0.15) is 22.6 Å². The minimum atomic E-state index is -0.579. The predicted molar refractivity (Wildman–Crippen MR) is 128 cm³/mol. The molecule has 0 radical (unpaired) electrons. The van der Waals surface area contributed by atoms with Gasteiger partial charge in [0, 0.05) is 18.5 Å². The number of anilines is 1. The molecule has 3 heterocycles. The molecular formula is C25H23ClF2N6O. The predicted octanol–water partition coefficient (Wildman–Crippen LogP) is 5.41. The lowest BCUT2D eigenvalue weighted by Crippen LogP contribution is -2.14. The largest absolute Gasteiger partial charge is 0.319 e. The molecular weight excluding hydrogens is 474 g/mol. The minimum absolute atomic E-state index is 0.0141. The van der Waals surface area contributed by atoms with E-state index in [1.54, 1.807) is 31.2 Å². The number of aromatic nitrogens is 5. The fourth-order valence-corrected chi connectivity index (χ4v) is 4.64. The number of aryl methyl sites for hydroxylation is 2. The summed E-state index contributed by atoms with van der Waals surface area (Å²) in [4.78, 5) is 13.1. The van der Waals surface area contributed by atoms with E-state index >= 15 is 0 Å². The van der Waals surface area contributed by atoms with Crippen molar-refractivity contribution in [2.24, 2.45) is 0 Å². The Morgan fingerprint density at radius 3 is 2.69 bits per heavy atom. The van der Waals surface area contributed by atoms with Crippen molar-refractivity contribution in [2.45, 2.75) is 45.7 Å².